The zero-order valence-electron chi connectivity index (χ0n) is 13.7. The molecule has 0 saturated carbocycles. The van der Waals surface area contributed by atoms with Crippen LogP contribution in [-0.4, -0.2) is 34.0 Å². The molecule has 0 bridgehead atoms. The van der Waals surface area contributed by atoms with E-state index >= 15 is 0 Å². The predicted molar refractivity (Wildman–Crippen MR) is 93.2 cm³/mol. The van der Waals surface area contributed by atoms with Crippen molar-refractivity contribution in [3.05, 3.63) is 59.8 Å². The summed E-state index contributed by atoms with van der Waals surface area (Å²) in [5.41, 5.74) is 2.13. The predicted octanol–water partition coefficient (Wildman–Crippen LogP) is 2.42. The standard InChI is InChI=1S/C19H23N3O2/c23-14-16-8-6-15(7-9-16)12-22-11-3-4-17(13-22)19(24)21-18-5-1-2-10-20-18/h1-2,5-10,17,23H,3-4,11-14H2,(H,20,21,24). The van der Waals surface area contributed by atoms with Crippen molar-refractivity contribution in [3.63, 3.8) is 0 Å². The number of aliphatic hydroxyl groups excluding tert-OH is 1. The van der Waals surface area contributed by atoms with Gasteiger partial charge in [-0.05, 0) is 42.6 Å². The summed E-state index contributed by atoms with van der Waals surface area (Å²) in [6, 6.07) is 13.5. The van der Waals surface area contributed by atoms with E-state index in [0.29, 0.717) is 5.82 Å². The summed E-state index contributed by atoms with van der Waals surface area (Å²) in [7, 11) is 0. The van der Waals surface area contributed by atoms with E-state index in [9.17, 15) is 4.79 Å². The van der Waals surface area contributed by atoms with Gasteiger partial charge >= 0.3 is 0 Å². The number of nitrogens with zero attached hydrogens (tertiary/aromatic N) is 2. The molecule has 1 saturated heterocycles. The van der Waals surface area contributed by atoms with Gasteiger partial charge in [0.2, 0.25) is 5.91 Å². The summed E-state index contributed by atoms with van der Waals surface area (Å²) in [5.74, 6) is 0.658. The number of nitrogens with one attached hydrogen (secondary N) is 1. The van der Waals surface area contributed by atoms with Gasteiger partial charge in [0.1, 0.15) is 5.82 Å². The molecule has 1 unspecified atom stereocenters. The van der Waals surface area contributed by atoms with Gasteiger partial charge in [0.15, 0.2) is 0 Å². The molecule has 5 nitrogen and oxygen atoms in total. The number of pyridine rings is 1. The van der Waals surface area contributed by atoms with Crippen LogP contribution in [0.5, 0.6) is 0 Å². The van der Waals surface area contributed by atoms with Crippen molar-refractivity contribution in [2.45, 2.75) is 26.0 Å². The lowest BCUT2D eigenvalue weighted by Gasteiger charge is -2.32. The van der Waals surface area contributed by atoms with Gasteiger partial charge in [-0.3, -0.25) is 9.69 Å². The van der Waals surface area contributed by atoms with Gasteiger partial charge in [0.25, 0.3) is 0 Å². The molecule has 24 heavy (non-hydrogen) atoms. The number of carbonyl (C=O) groups is 1. The van der Waals surface area contributed by atoms with Crippen molar-refractivity contribution in [1.82, 2.24) is 9.88 Å². The Balaban J connectivity index is 1.56. The van der Waals surface area contributed by atoms with E-state index in [1.165, 1.54) is 5.56 Å². The molecule has 2 heterocycles. The third-order valence-corrected chi connectivity index (χ3v) is 4.40. The highest BCUT2D eigenvalue weighted by atomic mass is 16.3. The summed E-state index contributed by atoms with van der Waals surface area (Å²) < 4.78 is 0. The number of aromatic nitrogens is 1. The largest absolute Gasteiger partial charge is 0.392 e. The van der Waals surface area contributed by atoms with E-state index in [-0.39, 0.29) is 18.4 Å². The topological polar surface area (TPSA) is 65.5 Å². The minimum absolute atomic E-state index is 0.00234. The summed E-state index contributed by atoms with van der Waals surface area (Å²) in [5, 5.41) is 12.0. The number of piperidine rings is 1. The van der Waals surface area contributed by atoms with Crippen LogP contribution in [0, 0.1) is 5.92 Å². The van der Waals surface area contributed by atoms with Crippen LogP contribution in [0.4, 0.5) is 5.82 Å². The van der Waals surface area contributed by atoms with Crippen molar-refractivity contribution in [2.24, 2.45) is 5.92 Å². The van der Waals surface area contributed by atoms with Gasteiger partial charge < -0.3 is 10.4 Å². The highest BCUT2D eigenvalue weighted by molar-refractivity contribution is 5.91. The van der Waals surface area contributed by atoms with E-state index in [0.717, 1.165) is 38.0 Å². The molecule has 0 radical (unpaired) electrons. The minimum Gasteiger partial charge on any atom is -0.392 e. The molecule has 3 rings (SSSR count). The van der Waals surface area contributed by atoms with Crippen molar-refractivity contribution >= 4 is 11.7 Å². The molecule has 1 aromatic carbocycles. The summed E-state index contributed by atoms with van der Waals surface area (Å²) >= 11 is 0. The van der Waals surface area contributed by atoms with E-state index in [4.69, 9.17) is 5.11 Å². The van der Waals surface area contributed by atoms with Gasteiger partial charge in [-0.25, -0.2) is 4.98 Å². The maximum absolute atomic E-state index is 12.4. The normalized spacial score (nSPS) is 18.3. The number of hydrogen-bond acceptors (Lipinski definition) is 4. The Morgan fingerprint density at radius 1 is 1.21 bits per heavy atom. The molecular formula is C19H23N3O2. The average molecular weight is 325 g/mol. The molecule has 1 atom stereocenters. The van der Waals surface area contributed by atoms with Crippen molar-refractivity contribution in [3.8, 4) is 0 Å². The molecule has 1 fully saturated rings. The Labute approximate surface area is 142 Å². The number of benzene rings is 1. The van der Waals surface area contributed by atoms with Crippen LogP contribution in [0.1, 0.15) is 24.0 Å². The van der Waals surface area contributed by atoms with Crippen LogP contribution in [0.25, 0.3) is 0 Å². The molecule has 1 amide bonds. The van der Waals surface area contributed by atoms with E-state index in [1.54, 1.807) is 12.3 Å². The van der Waals surface area contributed by atoms with Gasteiger partial charge in [-0.2, -0.15) is 0 Å². The molecule has 126 valence electrons. The van der Waals surface area contributed by atoms with Gasteiger partial charge in [-0.15, -0.1) is 0 Å². The van der Waals surface area contributed by atoms with E-state index in [2.05, 4.69) is 15.2 Å². The Morgan fingerprint density at radius 3 is 2.71 bits per heavy atom. The average Bonchev–Trinajstić information content (AvgIpc) is 2.63. The first kappa shape index (κ1) is 16.6. The highest BCUT2D eigenvalue weighted by Gasteiger charge is 2.26. The molecule has 5 heteroatoms. The van der Waals surface area contributed by atoms with Crippen molar-refractivity contribution < 1.29 is 9.90 Å². The smallest absolute Gasteiger partial charge is 0.229 e. The van der Waals surface area contributed by atoms with Gasteiger partial charge in [0, 0.05) is 19.3 Å². The molecule has 0 spiro atoms. The second-order valence-corrected chi connectivity index (χ2v) is 6.25. The Hall–Kier alpha value is -2.24. The molecule has 1 aromatic heterocycles. The van der Waals surface area contributed by atoms with Gasteiger partial charge in [-0.1, -0.05) is 30.3 Å². The molecule has 2 aromatic rings. The zero-order valence-corrected chi connectivity index (χ0v) is 13.7. The summed E-state index contributed by atoms with van der Waals surface area (Å²) in [4.78, 5) is 18.9. The molecule has 0 aliphatic carbocycles. The van der Waals surface area contributed by atoms with Gasteiger partial charge in [0.05, 0.1) is 12.5 Å². The first-order chi connectivity index (χ1) is 11.7. The van der Waals surface area contributed by atoms with Crippen LogP contribution in [-0.2, 0) is 17.9 Å². The number of amides is 1. The lowest BCUT2D eigenvalue weighted by molar-refractivity contribution is -0.121. The Morgan fingerprint density at radius 2 is 2.00 bits per heavy atom. The number of rotatable bonds is 5. The van der Waals surface area contributed by atoms with Crippen LogP contribution in [0.3, 0.4) is 0 Å². The SMILES string of the molecule is O=C(Nc1ccccn1)C1CCCN(Cc2ccc(CO)cc2)C1. The quantitative estimate of drug-likeness (QED) is 0.886. The first-order valence-electron chi connectivity index (χ1n) is 8.37. The Kier molecular flexibility index (Phi) is 5.56. The summed E-state index contributed by atoms with van der Waals surface area (Å²) in [6.45, 7) is 2.67. The maximum Gasteiger partial charge on any atom is 0.229 e. The number of likely N-dealkylation sites (tertiary alicyclic amines) is 1. The van der Waals surface area contributed by atoms with E-state index < -0.39 is 0 Å². The highest BCUT2D eigenvalue weighted by Crippen LogP contribution is 2.20. The fraction of sp³-hybridized carbons (Fsp3) is 0.368. The minimum atomic E-state index is -0.00234. The lowest BCUT2D eigenvalue weighted by Crippen LogP contribution is -2.40. The fourth-order valence-corrected chi connectivity index (χ4v) is 3.09. The Bertz CT molecular complexity index is 658. The number of hydrogen-bond donors (Lipinski definition) is 2. The van der Waals surface area contributed by atoms with Crippen molar-refractivity contribution in [1.29, 1.82) is 0 Å². The first-order valence-corrected chi connectivity index (χ1v) is 8.37. The molecule has 1 aliphatic heterocycles. The monoisotopic (exact) mass is 325 g/mol. The summed E-state index contributed by atoms with van der Waals surface area (Å²) in [6.07, 6.45) is 3.62. The third-order valence-electron chi connectivity index (χ3n) is 4.40. The fourth-order valence-electron chi connectivity index (χ4n) is 3.09. The van der Waals surface area contributed by atoms with E-state index in [1.807, 2.05) is 36.4 Å². The number of carbonyl (C=O) groups excluding carboxylic acids is 1. The molecular weight excluding hydrogens is 302 g/mol. The maximum atomic E-state index is 12.4. The second kappa shape index (κ2) is 8.04. The van der Waals surface area contributed by atoms with Crippen molar-refractivity contribution in [2.75, 3.05) is 18.4 Å². The van der Waals surface area contributed by atoms with Crippen LogP contribution in [0.15, 0.2) is 48.7 Å². The van der Waals surface area contributed by atoms with Crippen LogP contribution >= 0.6 is 0 Å². The van der Waals surface area contributed by atoms with Crippen LogP contribution in [0.2, 0.25) is 0 Å². The lowest BCUT2D eigenvalue weighted by atomic mass is 9.96. The zero-order chi connectivity index (χ0) is 16.8. The third kappa shape index (κ3) is 4.40. The molecule has 1 aliphatic rings. The number of aliphatic hydroxyl groups is 1. The second-order valence-electron chi connectivity index (χ2n) is 6.25. The molecule has 2 N–H and O–H groups in total. The number of anilines is 1. The van der Waals surface area contributed by atoms with Crippen LogP contribution < -0.4 is 5.32 Å².